The van der Waals surface area contributed by atoms with Crippen molar-refractivity contribution in [3.63, 3.8) is 0 Å². The summed E-state index contributed by atoms with van der Waals surface area (Å²) < 4.78 is 29.9. The maximum absolute atomic E-state index is 10.6. The predicted octanol–water partition coefficient (Wildman–Crippen LogP) is 1.93. The fourth-order valence-corrected chi connectivity index (χ4v) is 2.44. The van der Waals surface area contributed by atoms with Gasteiger partial charge >= 0.3 is 5.97 Å². The summed E-state index contributed by atoms with van der Waals surface area (Å²) >= 11 is 0. The van der Waals surface area contributed by atoms with Gasteiger partial charge in [0.2, 0.25) is 0 Å². The molecule has 1 rings (SSSR count). The van der Waals surface area contributed by atoms with Crippen LogP contribution in [0, 0.1) is 18.8 Å². The molecule has 0 saturated carbocycles. The highest BCUT2D eigenvalue weighted by Crippen LogP contribution is 2.12. The largest absolute Gasteiger partial charge is 0.481 e. The molecule has 1 atom stereocenters. The van der Waals surface area contributed by atoms with Gasteiger partial charge in [-0.25, -0.2) is 0 Å². The monoisotopic (exact) mass is 317 g/mol. The van der Waals surface area contributed by atoms with Crippen molar-refractivity contribution in [2.75, 3.05) is 6.54 Å². The first-order valence-corrected chi connectivity index (χ1v) is 7.99. The highest BCUT2D eigenvalue weighted by atomic mass is 32.2. The number of aryl methyl sites for hydroxylation is 1. The van der Waals surface area contributed by atoms with Gasteiger partial charge in [-0.05, 0) is 30.9 Å². The van der Waals surface area contributed by atoms with Crippen molar-refractivity contribution in [2.24, 2.45) is 17.6 Å². The number of hydrogen-bond donors (Lipinski definition) is 3. The average molecular weight is 317 g/mol. The van der Waals surface area contributed by atoms with Crippen molar-refractivity contribution in [3.05, 3.63) is 29.8 Å². The van der Waals surface area contributed by atoms with Crippen LogP contribution in [0.4, 0.5) is 0 Å². The minimum Gasteiger partial charge on any atom is -0.481 e. The number of aliphatic carboxylic acids is 1. The molecule has 0 aromatic heterocycles. The Balaban J connectivity index is 0.000000384. The van der Waals surface area contributed by atoms with Crippen LogP contribution in [0.3, 0.4) is 0 Å². The fourth-order valence-electron chi connectivity index (χ4n) is 1.71. The molecule has 0 aliphatic rings. The van der Waals surface area contributed by atoms with Crippen LogP contribution in [0.2, 0.25) is 0 Å². The molecule has 0 aliphatic heterocycles. The number of carboxylic acids is 1. The molecule has 0 unspecified atom stereocenters. The van der Waals surface area contributed by atoms with E-state index in [-0.39, 0.29) is 17.4 Å². The van der Waals surface area contributed by atoms with Gasteiger partial charge in [-0.2, -0.15) is 8.42 Å². The van der Waals surface area contributed by atoms with Crippen LogP contribution >= 0.6 is 0 Å². The molecule has 0 aliphatic carbocycles. The zero-order valence-electron chi connectivity index (χ0n) is 12.5. The maximum Gasteiger partial charge on any atom is 0.307 e. The molecule has 6 nitrogen and oxygen atoms in total. The Hall–Kier alpha value is -1.44. The van der Waals surface area contributed by atoms with Crippen LogP contribution in [0.5, 0.6) is 0 Å². The van der Waals surface area contributed by atoms with Gasteiger partial charge in [0, 0.05) is 6.54 Å². The molecular formula is C14H23NO5S. The van der Waals surface area contributed by atoms with E-state index in [0.29, 0.717) is 17.9 Å². The molecule has 1 aromatic carbocycles. The quantitative estimate of drug-likeness (QED) is 0.714. The summed E-state index contributed by atoms with van der Waals surface area (Å²) in [6, 6.07) is 6.27. The second-order valence-electron chi connectivity index (χ2n) is 5.14. The van der Waals surface area contributed by atoms with Crippen molar-refractivity contribution in [1.29, 1.82) is 0 Å². The first-order valence-electron chi connectivity index (χ1n) is 6.55. The Morgan fingerprint density at radius 1 is 1.29 bits per heavy atom. The lowest BCUT2D eigenvalue weighted by Crippen LogP contribution is -2.24. The molecule has 0 spiro atoms. The molecule has 4 N–H and O–H groups in total. The topological polar surface area (TPSA) is 118 Å². The normalized spacial score (nSPS) is 12.5. The molecule has 1 aromatic rings. The molecule has 120 valence electrons. The van der Waals surface area contributed by atoms with E-state index in [9.17, 15) is 13.2 Å². The van der Waals surface area contributed by atoms with Crippen LogP contribution < -0.4 is 5.73 Å². The predicted molar refractivity (Wildman–Crippen MR) is 80.6 cm³/mol. The Bertz CT molecular complexity index is 554. The zero-order valence-corrected chi connectivity index (χ0v) is 13.3. The van der Waals surface area contributed by atoms with Crippen LogP contribution in [-0.2, 0) is 14.9 Å². The molecule has 0 fully saturated rings. The third-order valence-electron chi connectivity index (χ3n) is 2.76. The molecule has 0 amide bonds. The highest BCUT2D eigenvalue weighted by molar-refractivity contribution is 7.85. The number of carbonyl (C=O) groups is 1. The van der Waals surface area contributed by atoms with Crippen molar-refractivity contribution in [2.45, 2.75) is 32.1 Å². The van der Waals surface area contributed by atoms with E-state index in [2.05, 4.69) is 0 Å². The lowest BCUT2D eigenvalue weighted by molar-refractivity contribution is -0.141. The third-order valence-corrected chi connectivity index (χ3v) is 3.78. The molecule has 0 radical (unpaired) electrons. The summed E-state index contributed by atoms with van der Waals surface area (Å²) in [7, 11) is -4.03. The summed E-state index contributed by atoms with van der Waals surface area (Å²) in [5, 5.41) is 8.54. The van der Waals surface area contributed by atoms with Crippen LogP contribution in [0.15, 0.2) is 29.2 Å². The highest BCUT2D eigenvalue weighted by Gasteiger charge is 2.16. The van der Waals surface area contributed by atoms with Crippen LogP contribution in [0.25, 0.3) is 0 Å². The van der Waals surface area contributed by atoms with E-state index in [1.807, 2.05) is 13.8 Å². The van der Waals surface area contributed by atoms with Crippen molar-refractivity contribution in [1.82, 2.24) is 0 Å². The molecule has 0 bridgehead atoms. The van der Waals surface area contributed by atoms with Crippen LogP contribution in [-0.4, -0.2) is 30.6 Å². The Morgan fingerprint density at radius 3 is 2.05 bits per heavy atom. The summed E-state index contributed by atoms with van der Waals surface area (Å²) in [5.41, 5.74) is 5.79. The van der Waals surface area contributed by atoms with E-state index in [4.69, 9.17) is 15.4 Å². The van der Waals surface area contributed by atoms with E-state index in [1.54, 1.807) is 25.1 Å². The van der Waals surface area contributed by atoms with Gasteiger partial charge in [-0.15, -0.1) is 0 Å². The zero-order chi connectivity index (χ0) is 16.6. The van der Waals surface area contributed by atoms with Gasteiger partial charge in [0.05, 0.1) is 10.8 Å². The van der Waals surface area contributed by atoms with E-state index >= 15 is 0 Å². The van der Waals surface area contributed by atoms with Gasteiger partial charge in [0.15, 0.2) is 0 Å². The number of nitrogens with two attached hydrogens (primary N) is 1. The molecular weight excluding hydrogens is 294 g/mol. The number of benzene rings is 1. The second-order valence-corrected chi connectivity index (χ2v) is 6.53. The van der Waals surface area contributed by atoms with Gasteiger partial charge < -0.3 is 10.8 Å². The molecule has 7 heteroatoms. The van der Waals surface area contributed by atoms with Crippen molar-refractivity contribution < 1.29 is 22.9 Å². The number of hydrogen-bond acceptors (Lipinski definition) is 4. The Kier molecular flexibility index (Phi) is 8.16. The van der Waals surface area contributed by atoms with Gasteiger partial charge in [-0.3, -0.25) is 9.35 Å². The van der Waals surface area contributed by atoms with E-state index in [1.165, 1.54) is 6.07 Å². The standard InChI is InChI=1S/C7H15NO2.C7H8O3S/c1-5(2)3-6(4-8)7(9)10;1-6-4-2-3-5-7(6)11(8,9)10/h5-6H,3-4,8H2,1-2H3,(H,9,10);2-5H,1H3,(H,8,9,10)/t6-;/m1./s1. The Labute approximate surface area is 125 Å². The summed E-state index contributed by atoms with van der Waals surface area (Å²) in [5.74, 6) is -0.735. The Morgan fingerprint density at radius 2 is 1.81 bits per heavy atom. The first kappa shape index (κ1) is 19.6. The van der Waals surface area contributed by atoms with E-state index in [0.717, 1.165) is 0 Å². The van der Waals surface area contributed by atoms with Gasteiger partial charge in [-0.1, -0.05) is 32.0 Å². The summed E-state index contributed by atoms with van der Waals surface area (Å²) in [6.07, 6.45) is 0.672. The van der Waals surface area contributed by atoms with Gasteiger partial charge in [0.25, 0.3) is 10.1 Å². The summed E-state index contributed by atoms with van der Waals surface area (Å²) in [6.45, 7) is 5.85. The molecule has 21 heavy (non-hydrogen) atoms. The average Bonchev–Trinajstić information content (AvgIpc) is 2.35. The first-order chi connectivity index (χ1) is 9.59. The minimum atomic E-state index is -4.03. The summed E-state index contributed by atoms with van der Waals surface area (Å²) in [4.78, 5) is 10.4. The lowest BCUT2D eigenvalue weighted by Gasteiger charge is -2.10. The minimum absolute atomic E-state index is 0.0278. The maximum atomic E-state index is 10.6. The molecule has 0 saturated heterocycles. The molecule has 0 heterocycles. The number of carboxylic acid groups (broad SMARTS) is 1. The number of rotatable bonds is 5. The third kappa shape index (κ3) is 7.79. The lowest BCUT2D eigenvalue weighted by atomic mass is 9.98. The van der Waals surface area contributed by atoms with Crippen molar-refractivity contribution in [3.8, 4) is 0 Å². The van der Waals surface area contributed by atoms with Gasteiger partial charge in [0.1, 0.15) is 0 Å². The smallest absolute Gasteiger partial charge is 0.307 e. The van der Waals surface area contributed by atoms with Crippen LogP contribution in [0.1, 0.15) is 25.8 Å². The van der Waals surface area contributed by atoms with Crippen molar-refractivity contribution >= 4 is 16.1 Å². The fraction of sp³-hybridized carbons (Fsp3) is 0.500. The second kappa shape index (κ2) is 8.76. The SMILES string of the molecule is CC(C)C[C@H](CN)C(=O)O.Cc1ccccc1S(=O)(=O)O. The van der Waals surface area contributed by atoms with E-state index < -0.39 is 16.1 Å².